The maximum atomic E-state index is 11.5. The van der Waals surface area contributed by atoms with Gasteiger partial charge in [-0.05, 0) is 33.4 Å². The fourth-order valence-electron chi connectivity index (χ4n) is 1.01. The number of nitrogens with one attached hydrogen (secondary N) is 2. The number of amides is 1. The van der Waals surface area contributed by atoms with Gasteiger partial charge in [0.25, 0.3) is 0 Å². The van der Waals surface area contributed by atoms with E-state index in [1.165, 1.54) is 6.20 Å². The van der Waals surface area contributed by atoms with Crippen molar-refractivity contribution < 1.29 is 4.79 Å². The molecule has 1 rings (SSSR count). The predicted molar refractivity (Wildman–Crippen MR) is 71.1 cm³/mol. The molecule has 0 radical (unpaired) electrons. The monoisotopic (exact) mass is 320 g/mol. The Morgan fingerprint density at radius 3 is 2.94 bits per heavy atom. The zero-order valence-electron chi connectivity index (χ0n) is 9.63. The minimum Gasteiger partial charge on any atom is -0.360 e. The second-order valence-corrected chi connectivity index (χ2v) is 5.08. The van der Waals surface area contributed by atoms with Crippen molar-refractivity contribution in [2.45, 2.75) is 13.8 Å². The average molecular weight is 322 g/mol. The molecule has 17 heavy (non-hydrogen) atoms. The molecule has 5 nitrogen and oxygen atoms in total. The molecule has 0 saturated carbocycles. The number of nitrogens with zero attached hydrogens (tertiary/aromatic N) is 2. The molecule has 0 aliphatic rings. The first-order chi connectivity index (χ1) is 7.99. The van der Waals surface area contributed by atoms with E-state index in [4.69, 9.17) is 11.6 Å². The van der Waals surface area contributed by atoms with Crippen LogP contribution in [-0.4, -0.2) is 29.0 Å². The molecule has 2 N–H and O–H groups in total. The van der Waals surface area contributed by atoms with Crippen LogP contribution in [0.4, 0.5) is 5.82 Å². The Morgan fingerprint density at radius 2 is 2.29 bits per heavy atom. The van der Waals surface area contributed by atoms with Gasteiger partial charge in [0.2, 0.25) is 11.2 Å². The number of halogens is 2. The molecule has 94 valence electrons. The van der Waals surface area contributed by atoms with E-state index in [0.717, 1.165) is 0 Å². The van der Waals surface area contributed by atoms with Crippen molar-refractivity contribution in [2.75, 3.05) is 18.4 Å². The molecule has 0 atom stereocenters. The molecule has 1 amide bonds. The van der Waals surface area contributed by atoms with Crippen LogP contribution in [-0.2, 0) is 4.79 Å². The van der Waals surface area contributed by atoms with Gasteiger partial charge >= 0.3 is 0 Å². The normalized spacial score (nSPS) is 10.4. The molecule has 0 spiro atoms. The maximum Gasteiger partial charge on any atom is 0.239 e. The van der Waals surface area contributed by atoms with E-state index >= 15 is 0 Å². The van der Waals surface area contributed by atoms with Crippen molar-refractivity contribution in [1.82, 2.24) is 15.3 Å². The van der Waals surface area contributed by atoms with Crippen LogP contribution < -0.4 is 10.6 Å². The molecule has 1 heterocycles. The standard InChI is InChI=1S/C10H14BrClN4O/c1-6(2)3-13-8(17)5-14-9-7(11)4-15-10(12)16-9/h4,6H,3,5H2,1-2H3,(H,13,17)(H,14,15,16). The molecule has 1 aromatic heterocycles. The van der Waals surface area contributed by atoms with Crippen LogP contribution in [0.25, 0.3) is 0 Å². The summed E-state index contributed by atoms with van der Waals surface area (Å²) >= 11 is 8.92. The molecule has 0 aromatic carbocycles. The van der Waals surface area contributed by atoms with Crippen LogP contribution in [0.15, 0.2) is 10.7 Å². The molecular weight excluding hydrogens is 307 g/mol. The van der Waals surface area contributed by atoms with Crippen molar-refractivity contribution >= 4 is 39.3 Å². The third-order valence-corrected chi connectivity index (χ3v) is 2.60. The van der Waals surface area contributed by atoms with Crippen LogP contribution in [0.2, 0.25) is 5.28 Å². The molecule has 1 aromatic rings. The predicted octanol–water partition coefficient (Wildman–Crippen LogP) is 2.08. The Labute approximate surface area is 113 Å². The lowest BCUT2D eigenvalue weighted by Crippen LogP contribution is -2.32. The number of hydrogen-bond acceptors (Lipinski definition) is 4. The van der Waals surface area contributed by atoms with Gasteiger partial charge in [0.15, 0.2) is 0 Å². The van der Waals surface area contributed by atoms with Gasteiger partial charge in [0, 0.05) is 12.7 Å². The summed E-state index contributed by atoms with van der Waals surface area (Å²) in [4.78, 5) is 19.2. The van der Waals surface area contributed by atoms with E-state index in [1.54, 1.807) is 0 Å². The van der Waals surface area contributed by atoms with Gasteiger partial charge in [-0.15, -0.1) is 0 Å². The quantitative estimate of drug-likeness (QED) is 0.815. The summed E-state index contributed by atoms with van der Waals surface area (Å²) in [6.07, 6.45) is 1.53. The second-order valence-electron chi connectivity index (χ2n) is 3.89. The highest BCUT2D eigenvalue weighted by Gasteiger charge is 2.06. The highest BCUT2D eigenvalue weighted by Crippen LogP contribution is 2.19. The Bertz CT molecular complexity index is 400. The number of aromatic nitrogens is 2. The Balaban J connectivity index is 2.44. The highest BCUT2D eigenvalue weighted by atomic mass is 79.9. The van der Waals surface area contributed by atoms with Gasteiger partial charge < -0.3 is 10.6 Å². The number of rotatable bonds is 5. The van der Waals surface area contributed by atoms with E-state index in [1.807, 2.05) is 13.8 Å². The van der Waals surface area contributed by atoms with Gasteiger partial charge in [-0.2, -0.15) is 4.98 Å². The van der Waals surface area contributed by atoms with Gasteiger partial charge in [0.05, 0.1) is 11.0 Å². The summed E-state index contributed by atoms with van der Waals surface area (Å²) in [5.74, 6) is 0.851. The van der Waals surface area contributed by atoms with Crippen LogP contribution >= 0.6 is 27.5 Å². The number of carbonyl (C=O) groups is 1. The largest absolute Gasteiger partial charge is 0.360 e. The topological polar surface area (TPSA) is 66.9 Å². The number of hydrogen-bond donors (Lipinski definition) is 2. The van der Waals surface area contributed by atoms with E-state index in [2.05, 4.69) is 36.5 Å². The molecule has 0 unspecified atom stereocenters. The Kier molecular flexibility index (Phi) is 5.64. The van der Waals surface area contributed by atoms with Crippen LogP contribution in [0, 0.1) is 5.92 Å². The Morgan fingerprint density at radius 1 is 1.59 bits per heavy atom. The van der Waals surface area contributed by atoms with Crippen LogP contribution in [0.5, 0.6) is 0 Å². The highest BCUT2D eigenvalue weighted by molar-refractivity contribution is 9.10. The van der Waals surface area contributed by atoms with E-state index < -0.39 is 0 Å². The summed E-state index contributed by atoms with van der Waals surface area (Å²) in [7, 11) is 0. The molecular formula is C10H14BrClN4O. The number of carbonyl (C=O) groups excluding carboxylic acids is 1. The van der Waals surface area contributed by atoms with Crippen LogP contribution in [0.3, 0.4) is 0 Å². The molecule has 0 fully saturated rings. The minimum absolute atomic E-state index is 0.0830. The van der Waals surface area contributed by atoms with Crippen LogP contribution in [0.1, 0.15) is 13.8 Å². The smallest absolute Gasteiger partial charge is 0.239 e. The zero-order chi connectivity index (χ0) is 12.8. The summed E-state index contributed by atoms with van der Waals surface area (Å²) in [6, 6.07) is 0. The summed E-state index contributed by atoms with van der Waals surface area (Å²) < 4.78 is 0.665. The van der Waals surface area contributed by atoms with E-state index in [-0.39, 0.29) is 17.7 Å². The minimum atomic E-state index is -0.0830. The molecule has 0 aliphatic carbocycles. The first-order valence-electron chi connectivity index (χ1n) is 5.17. The van der Waals surface area contributed by atoms with Gasteiger partial charge in [0.1, 0.15) is 5.82 Å². The third-order valence-electron chi connectivity index (χ3n) is 1.84. The van der Waals surface area contributed by atoms with Crippen molar-refractivity contribution in [3.05, 3.63) is 16.0 Å². The molecule has 7 heteroatoms. The fraction of sp³-hybridized carbons (Fsp3) is 0.500. The average Bonchev–Trinajstić information content (AvgIpc) is 2.27. The first kappa shape index (κ1) is 14.2. The van der Waals surface area contributed by atoms with Gasteiger partial charge in [-0.25, -0.2) is 4.98 Å². The summed E-state index contributed by atoms with van der Waals surface area (Å²) in [6.45, 7) is 4.88. The van der Waals surface area contributed by atoms with Crippen molar-refractivity contribution in [3.8, 4) is 0 Å². The zero-order valence-corrected chi connectivity index (χ0v) is 12.0. The lowest BCUT2D eigenvalue weighted by molar-refractivity contribution is -0.119. The molecule has 0 bridgehead atoms. The first-order valence-corrected chi connectivity index (χ1v) is 6.34. The van der Waals surface area contributed by atoms with Crippen molar-refractivity contribution in [3.63, 3.8) is 0 Å². The number of anilines is 1. The SMILES string of the molecule is CC(C)CNC(=O)CNc1nc(Cl)ncc1Br. The van der Waals surface area contributed by atoms with Gasteiger partial charge in [-0.3, -0.25) is 4.79 Å². The second kappa shape index (κ2) is 6.76. The molecule has 0 aliphatic heterocycles. The van der Waals surface area contributed by atoms with E-state index in [9.17, 15) is 4.79 Å². The lowest BCUT2D eigenvalue weighted by Gasteiger charge is -2.09. The van der Waals surface area contributed by atoms with Crippen molar-refractivity contribution in [1.29, 1.82) is 0 Å². The summed E-state index contributed by atoms with van der Waals surface area (Å²) in [5, 5.41) is 5.81. The Hall–Kier alpha value is -0.880. The lowest BCUT2D eigenvalue weighted by atomic mass is 10.2. The maximum absolute atomic E-state index is 11.5. The van der Waals surface area contributed by atoms with Crippen molar-refractivity contribution in [2.24, 2.45) is 5.92 Å². The molecule has 0 saturated heterocycles. The van der Waals surface area contributed by atoms with Gasteiger partial charge in [-0.1, -0.05) is 13.8 Å². The third kappa shape index (κ3) is 5.32. The fourth-order valence-corrected chi connectivity index (χ4v) is 1.48. The summed E-state index contributed by atoms with van der Waals surface area (Å²) in [5.41, 5.74) is 0. The van der Waals surface area contributed by atoms with E-state index in [0.29, 0.717) is 22.8 Å².